The van der Waals surface area contributed by atoms with Crippen LogP contribution in [-0.2, 0) is 6.42 Å². The van der Waals surface area contributed by atoms with Gasteiger partial charge in [-0.2, -0.15) is 0 Å². The largest absolute Gasteiger partial charge is 0.391 e. The lowest BCUT2D eigenvalue weighted by Gasteiger charge is -2.39. The van der Waals surface area contributed by atoms with E-state index in [-0.39, 0.29) is 12.1 Å². The van der Waals surface area contributed by atoms with Gasteiger partial charge < -0.3 is 10.0 Å². The van der Waals surface area contributed by atoms with Gasteiger partial charge in [0.25, 0.3) is 0 Å². The highest BCUT2D eigenvalue weighted by Gasteiger charge is 2.36. The summed E-state index contributed by atoms with van der Waals surface area (Å²) in [5, 5.41) is 10.1. The third kappa shape index (κ3) is 2.03. The molecule has 18 heavy (non-hydrogen) atoms. The van der Waals surface area contributed by atoms with Crippen LogP contribution < -0.4 is 4.90 Å². The van der Waals surface area contributed by atoms with E-state index in [9.17, 15) is 5.11 Å². The van der Waals surface area contributed by atoms with Gasteiger partial charge in [0.05, 0.1) is 12.1 Å². The summed E-state index contributed by atoms with van der Waals surface area (Å²) in [6.07, 6.45) is 7.40. The first-order valence-electron chi connectivity index (χ1n) is 7.31. The first kappa shape index (κ1) is 12.0. The minimum absolute atomic E-state index is 0.251. The van der Waals surface area contributed by atoms with Crippen LogP contribution in [-0.4, -0.2) is 23.3 Å². The smallest absolute Gasteiger partial charge is 0.0718 e. The van der Waals surface area contributed by atoms with Crippen LogP contribution in [0.4, 0.5) is 5.69 Å². The lowest BCUT2D eigenvalue weighted by Crippen LogP contribution is -2.47. The minimum Gasteiger partial charge on any atom is -0.391 e. The fraction of sp³-hybridized carbons (Fsp3) is 0.625. The van der Waals surface area contributed by atoms with Crippen molar-refractivity contribution in [3.8, 4) is 0 Å². The molecule has 2 aliphatic rings. The van der Waals surface area contributed by atoms with Gasteiger partial charge in [0, 0.05) is 11.7 Å². The van der Waals surface area contributed by atoms with Gasteiger partial charge >= 0.3 is 0 Å². The standard InChI is InChI=1S/C16H23NO/c1-12(18)16-11-13-7-5-6-10-15(13)17(16)14-8-3-2-4-9-14/h5-7,10,12,14,16,18H,2-4,8-9,11H2,1H3. The lowest BCUT2D eigenvalue weighted by molar-refractivity contribution is 0.155. The molecule has 2 nitrogen and oxygen atoms in total. The molecular formula is C16H23NO. The van der Waals surface area contributed by atoms with Crippen LogP contribution >= 0.6 is 0 Å². The van der Waals surface area contributed by atoms with Gasteiger partial charge in [0.1, 0.15) is 0 Å². The SMILES string of the molecule is CC(O)C1Cc2ccccc2N1C1CCCCC1. The average molecular weight is 245 g/mol. The molecule has 0 bridgehead atoms. The van der Waals surface area contributed by atoms with Crippen LogP contribution in [0.2, 0.25) is 0 Å². The first-order valence-corrected chi connectivity index (χ1v) is 7.31. The Bertz CT molecular complexity index is 409. The van der Waals surface area contributed by atoms with Crippen molar-refractivity contribution in [1.82, 2.24) is 0 Å². The molecule has 0 radical (unpaired) electrons. The Labute approximate surface area is 110 Å². The molecule has 1 aliphatic heterocycles. The summed E-state index contributed by atoms with van der Waals surface area (Å²) >= 11 is 0. The summed E-state index contributed by atoms with van der Waals surface area (Å²) in [5.74, 6) is 0. The Hall–Kier alpha value is -1.02. The number of anilines is 1. The van der Waals surface area contributed by atoms with Crippen molar-refractivity contribution in [3.63, 3.8) is 0 Å². The summed E-state index contributed by atoms with van der Waals surface area (Å²) in [6, 6.07) is 9.61. The van der Waals surface area contributed by atoms with E-state index in [1.165, 1.54) is 43.4 Å². The molecule has 0 spiro atoms. The Morgan fingerprint density at radius 3 is 2.61 bits per heavy atom. The second-order valence-electron chi connectivity index (χ2n) is 5.84. The fourth-order valence-electron chi connectivity index (χ4n) is 3.67. The van der Waals surface area contributed by atoms with Gasteiger partial charge in [0.2, 0.25) is 0 Å². The highest BCUT2D eigenvalue weighted by molar-refractivity contribution is 5.60. The van der Waals surface area contributed by atoms with E-state index in [2.05, 4.69) is 29.2 Å². The van der Waals surface area contributed by atoms with E-state index < -0.39 is 0 Å². The lowest BCUT2D eigenvalue weighted by atomic mass is 9.93. The van der Waals surface area contributed by atoms with Gasteiger partial charge in [-0.25, -0.2) is 0 Å². The number of aliphatic hydroxyl groups is 1. The van der Waals surface area contributed by atoms with Crippen LogP contribution in [0.1, 0.15) is 44.6 Å². The maximum atomic E-state index is 10.1. The second kappa shape index (κ2) is 4.93. The molecule has 1 N–H and O–H groups in total. The molecule has 98 valence electrons. The maximum absolute atomic E-state index is 10.1. The molecule has 1 aromatic carbocycles. The molecule has 1 saturated carbocycles. The van der Waals surface area contributed by atoms with Crippen LogP contribution in [0.25, 0.3) is 0 Å². The number of hydrogen-bond donors (Lipinski definition) is 1. The van der Waals surface area contributed by atoms with Crippen molar-refractivity contribution in [2.45, 2.75) is 63.6 Å². The Morgan fingerprint density at radius 2 is 1.89 bits per heavy atom. The molecule has 2 atom stereocenters. The van der Waals surface area contributed by atoms with Crippen LogP contribution in [0.5, 0.6) is 0 Å². The van der Waals surface area contributed by atoms with Gasteiger partial charge in [-0.1, -0.05) is 37.5 Å². The summed E-state index contributed by atoms with van der Waals surface area (Å²) in [7, 11) is 0. The quantitative estimate of drug-likeness (QED) is 0.865. The van der Waals surface area contributed by atoms with Crippen molar-refractivity contribution in [1.29, 1.82) is 0 Å². The molecule has 1 aliphatic carbocycles. The monoisotopic (exact) mass is 245 g/mol. The van der Waals surface area contributed by atoms with Gasteiger partial charge in [-0.3, -0.25) is 0 Å². The molecule has 1 fully saturated rings. The maximum Gasteiger partial charge on any atom is 0.0718 e. The summed E-state index contributed by atoms with van der Waals surface area (Å²) in [4.78, 5) is 2.53. The number of nitrogens with zero attached hydrogens (tertiary/aromatic N) is 1. The number of fused-ring (bicyclic) bond motifs is 1. The zero-order chi connectivity index (χ0) is 12.5. The number of rotatable bonds is 2. The normalized spacial score (nSPS) is 26.1. The van der Waals surface area contributed by atoms with Gasteiger partial charge in [-0.15, -0.1) is 0 Å². The molecular weight excluding hydrogens is 222 g/mol. The van der Waals surface area contributed by atoms with Crippen molar-refractivity contribution in [2.24, 2.45) is 0 Å². The predicted octanol–water partition coefficient (Wildman–Crippen LogP) is 3.13. The van der Waals surface area contributed by atoms with E-state index in [4.69, 9.17) is 0 Å². The molecule has 2 heteroatoms. The molecule has 3 rings (SSSR count). The Kier molecular flexibility index (Phi) is 3.29. The fourth-order valence-corrected chi connectivity index (χ4v) is 3.67. The van der Waals surface area contributed by atoms with E-state index in [0.29, 0.717) is 6.04 Å². The predicted molar refractivity (Wildman–Crippen MR) is 75.0 cm³/mol. The third-order valence-corrected chi connectivity index (χ3v) is 4.58. The zero-order valence-electron chi connectivity index (χ0n) is 11.2. The highest BCUT2D eigenvalue weighted by Crippen LogP contribution is 2.38. The van der Waals surface area contributed by atoms with Gasteiger partial charge in [0.15, 0.2) is 0 Å². The number of hydrogen-bond acceptors (Lipinski definition) is 2. The summed E-state index contributed by atoms with van der Waals surface area (Å²) in [5.41, 5.74) is 2.78. The highest BCUT2D eigenvalue weighted by atomic mass is 16.3. The average Bonchev–Trinajstić information content (AvgIpc) is 2.79. The Balaban J connectivity index is 1.91. The van der Waals surface area contributed by atoms with Gasteiger partial charge in [-0.05, 0) is 37.8 Å². The van der Waals surface area contributed by atoms with Crippen LogP contribution in [0.15, 0.2) is 24.3 Å². The molecule has 0 aromatic heterocycles. The summed E-state index contributed by atoms with van der Waals surface area (Å²) < 4.78 is 0. The second-order valence-corrected chi connectivity index (χ2v) is 5.84. The summed E-state index contributed by atoms with van der Waals surface area (Å²) in [6.45, 7) is 1.94. The molecule has 2 unspecified atom stereocenters. The molecule has 0 saturated heterocycles. The molecule has 1 heterocycles. The van der Waals surface area contributed by atoms with E-state index >= 15 is 0 Å². The van der Waals surface area contributed by atoms with E-state index in [1.54, 1.807) is 0 Å². The third-order valence-electron chi connectivity index (χ3n) is 4.58. The molecule has 0 amide bonds. The Morgan fingerprint density at radius 1 is 1.17 bits per heavy atom. The van der Waals surface area contributed by atoms with Crippen molar-refractivity contribution < 1.29 is 5.11 Å². The van der Waals surface area contributed by atoms with Crippen LogP contribution in [0, 0.1) is 0 Å². The van der Waals surface area contributed by atoms with Crippen molar-refractivity contribution in [2.75, 3.05) is 4.90 Å². The molecule has 1 aromatic rings. The van der Waals surface area contributed by atoms with E-state index in [1.807, 2.05) is 6.92 Å². The topological polar surface area (TPSA) is 23.5 Å². The number of para-hydroxylation sites is 1. The van der Waals surface area contributed by atoms with Crippen molar-refractivity contribution >= 4 is 5.69 Å². The first-order chi connectivity index (χ1) is 8.77. The number of aliphatic hydroxyl groups excluding tert-OH is 1. The van der Waals surface area contributed by atoms with Crippen LogP contribution in [0.3, 0.4) is 0 Å². The minimum atomic E-state index is -0.251. The number of benzene rings is 1. The zero-order valence-corrected chi connectivity index (χ0v) is 11.2. The van der Waals surface area contributed by atoms with E-state index in [0.717, 1.165) is 6.42 Å². The van der Waals surface area contributed by atoms with Crippen molar-refractivity contribution in [3.05, 3.63) is 29.8 Å².